The highest BCUT2D eigenvalue weighted by Crippen LogP contribution is 2.20. The minimum absolute atomic E-state index is 0.0172. The number of Topliss-reactive ketones (excluding diaryl/α,β-unsaturated/α-hetero) is 1. The third kappa shape index (κ3) is 2.48. The fourth-order valence-corrected chi connectivity index (χ4v) is 2.22. The molecule has 0 amide bonds. The largest absolute Gasteiger partial charge is 0.383 e. The van der Waals surface area contributed by atoms with E-state index in [4.69, 9.17) is 4.84 Å². The van der Waals surface area contributed by atoms with Gasteiger partial charge in [0.25, 0.3) is 0 Å². The van der Waals surface area contributed by atoms with Crippen LogP contribution in [0.2, 0.25) is 0 Å². The van der Waals surface area contributed by atoms with Crippen molar-refractivity contribution in [1.29, 1.82) is 0 Å². The first-order chi connectivity index (χ1) is 9.74. The van der Waals surface area contributed by atoms with Crippen LogP contribution in [0.4, 0.5) is 0 Å². The number of benzene rings is 2. The van der Waals surface area contributed by atoms with E-state index in [9.17, 15) is 4.79 Å². The van der Waals surface area contributed by atoms with Gasteiger partial charge in [-0.2, -0.15) is 0 Å². The van der Waals surface area contributed by atoms with Gasteiger partial charge in [-0.15, -0.1) is 0 Å². The molecule has 3 nitrogen and oxygen atoms in total. The highest BCUT2D eigenvalue weighted by Gasteiger charge is 2.29. The molecule has 0 saturated heterocycles. The molecular formula is C17H15NO2. The van der Waals surface area contributed by atoms with Gasteiger partial charge >= 0.3 is 0 Å². The fraction of sp³-hybridized carbons (Fsp3) is 0.176. The molecule has 0 saturated carbocycles. The van der Waals surface area contributed by atoms with E-state index in [2.05, 4.69) is 5.16 Å². The van der Waals surface area contributed by atoms with Gasteiger partial charge in [0.1, 0.15) is 0 Å². The molecule has 1 heterocycles. The van der Waals surface area contributed by atoms with Crippen molar-refractivity contribution in [3.63, 3.8) is 0 Å². The van der Waals surface area contributed by atoms with Crippen molar-refractivity contribution in [2.45, 2.75) is 19.4 Å². The van der Waals surface area contributed by atoms with Crippen LogP contribution < -0.4 is 0 Å². The maximum Gasteiger partial charge on any atom is 0.206 e. The average molecular weight is 265 g/mol. The van der Waals surface area contributed by atoms with Gasteiger partial charge in [-0.25, -0.2) is 0 Å². The van der Waals surface area contributed by atoms with E-state index in [1.54, 1.807) is 12.1 Å². The SMILES string of the molecule is Cc1ccc(C2=NOC(C(=O)c3ccccc3)C2)cc1. The summed E-state index contributed by atoms with van der Waals surface area (Å²) < 4.78 is 0. The summed E-state index contributed by atoms with van der Waals surface area (Å²) in [5, 5.41) is 4.06. The molecule has 20 heavy (non-hydrogen) atoms. The monoisotopic (exact) mass is 265 g/mol. The Bertz CT molecular complexity index is 644. The minimum atomic E-state index is -0.506. The number of aryl methyl sites for hydroxylation is 1. The van der Waals surface area contributed by atoms with E-state index in [0.717, 1.165) is 11.3 Å². The van der Waals surface area contributed by atoms with Gasteiger partial charge in [0.05, 0.1) is 5.71 Å². The van der Waals surface area contributed by atoms with Crippen molar-refractivity contribution in [2.75, 3.05) is 0 Å². The molecule has 2 aromatic carbocycles. The second-order valence-corrected chi connectivity index (χ2v) is 4.93. The number of hydrogen-bond donors (Lipinski definition) is 0. The average Bonchev–Trinajstić information content (AvgIpc) is 2.98. The summed E-state index contributed by atoms with van der Waals surface area (Å²) >= 11 is 0. The fourth-order valence-electron chi connectivity index (χ4n) is 2.22. The third-order valence-corrected chi connectivity index (χ3v) is 3.40. The molecule has 1 unspecified atom stereocenters. The number of carbonyl (C=O) groups is 1. The number of ketones is 1. The van der Waals surface area contributed by atoms with Crippen LogP contribution in [0.15, 0.2) is 59.8 Å². The highest BCUT2D eigenvalue weighted by molar-refractivity contribution is 6.08. The van der Waals surface area contributed by atoms with Gasteiger partial charge < -0.3 is 4.84 Å². The van der Waals surface area contributed by atoms with E-state index in [0.29, 0.717) is 12.0 Å². The predicted molar refractivity (Wildman–Crippen MR) is 78.0 cm³/mol. The minimum Gasteiger partial charge on any atom is -0.383 e. The zero-order chi connectivity index (χ0) is 13.9. The van der Waals surface area contributed by atoms with Crippen molar-refractivity contribution >= 4 is 11.5 Å². The first-order valence-electron chi connectivity index (χ1n) is 6.63. The number of oxime groups is 1. The van der Waals surface area contributed by atoms with Crippen LogP contribution in [0.3, 0.4) is 0 Å². The maximum absolute atomic E-state index is 12.3. The van der Waals surface area contributed by atoms with Crippen LogP contribution in [-0.4, -0.2) is 17.6 Å². The molecule has 0 N–H and O–H groups in total. The van der Waals surface area contributed by atoms with Crippen molar-refractivity contribution in [3.8, 4) is 0 Å². The molecular weight excluding hydrogens is 250 g/mol. The van der Waals surface area contributed by atoms with Crippen LogP contribution in [0, 0.1) is 6.92 Å². The molecule has 0 aliphatic carbocycles. The zero-order valence-corrected chi connectivity index (χ0v) is 11.2. The quantitative estimate of drug-likeness (QED) is 0.798. The van der Waals surface area contributed by atoms with Gasteiger partial charge in [0.2, 0.25) is 5.78 Å². The summed E-state index contributed by atoms with van der Waals surface area (Å²) in [4.78, 5) is 17.6. The van der Waals surface area contributed by atoms with Crippen molar-refractivity contribution in [2.24, 2.45) is 5.16 Å². The number of carbonyl (C=O) groups excluding carboxylic acids is 1. The lowest BCUT2D eigenvalue weighted by Gasteiger charge is -2.06. The van der Waals surface area contributed by atoms with Crippen LogP contribution in [0.5, 0.6) is 0 Å². The molecule has 0 spiro atoms. The van der Waals surface area contributed by atoms with E-state index in [-0.39, 0.29) is 5.78 Å². The lowest BCUT2D eigenvalue weighted by atomic mass is 9.99. The molecule has 2 aromatic rings. The zero-order valence-electron chi connectivity index (χ0n) is 11.2. The smallest absolute Gasteiger partial charge is 0.206 e. The Morgan fingerprint density at radius 2 is 1.80 bits per heavy atom. The molecule has 0 radical (unpaired) electrons. The Morgan fingerprint density at radius 3 is 2.50 bits per heavy atom. The van der Waals surface area contributed by atoms with Crippen LogP contribution in [0.1, 0.15) is 27.9 Å². The van der Waals surface area contributed by atoms with Crippen molar-refractivity contribution in [3.05, 3.63) is 71.3 Å². The highest BCUT2D eigenvalue weighted by atomic mass is 16.6. The van der Waals surface area contributed by atoms with Crippen LogP contribution in [0.25, 0.3) is 0 Å². The maximum atomic E-state index is 12.3. The Morgan fingerprint density at radius 1 is 1.10 bits per heavy atom. The van der Waals surface area contributed by atoms with E-state index >= 15 is 0 Å². The molecule has 100 valence electrons. The summed E-state index contributed by atoms with van der Waals surface area (Å²) in [6.07, 6.45) is 0.0188. The number of hydrogen-bond acceptors (Lipinski definition) is 3. The van der Waals surface area contributed by atoms with Crippen LogP contribution >= 0.6 is 0 Å². The van der Waals surface area contributed by atoms with Gasteiger partial charge in [-0.3, -0.25) is 4.79 Å². The molecule has 1 aliphatic rings. The Hall–Kier alpha value is -2.42. The summed E-state index contributed by atoms with van der Waals surface area (Å²) in [5.74, 6) is -0.0172. The second-order valence-electron chi connectivity index (χ2n) is 4.93. The van der Waals surface area contributed by atoms with Gasteiger partial charge in [-0.1, -0.05) is 65.3 Å². The molecule has 1 aliphatic heterocycles. The molecule has 3 heteroatoms. The molecule has 0 fully saturated rings. The molecule has 0 bridgehead atoms. The normalized spacial score (nSPS) is 17.4. The Labute approximate surface area is 117 Å². The number of nitrogens with zero attached hydrogens (tertiary/aromatic N) is 1. The third-order valence-electron chi connectivity index (χ3n) is 3.40. The Kier molecular flexibility index (Phi) is 3.33. The van der Waals surface area contributed by atoms with Crippen LogP contribution in [-0.2, 0) is 4.84 Å². The van der Waals surface area contributed by atoms with Gasteiger partial charge in [-0.05, 0) is 12.5 Å². The van der Waals surface area contributed by atoms with Crippen molar-refractivity contribution < 1.29 is 9.63 Å². The first-order valence-corrected chi connectivity index (χ1v) is 6.63. The topological polar surface area (TPSA) is 38.7 Å². The standard InChI is InChI=1S/C17H15NO2/c1-12-7-9-13(10-8-12)15-11-16(20-18-15)17(19)14-5-3-2-4-6-14/h2-10,16H,11H2,1H3. The first kappa shape index (κ1) is 12.6. The number of rotatable bonds is 3. The summed E-state index contributed by atoms with van der Waals surface area (Å²) in [6.45, 7) is 2.04. The Balaban J connectivity index is 1.73. The lowest BCUT2D eigenvalue weighted by Crippen LogP contribution is -2.21. The second kappa shape index (κ2) is 5.29. The predicted octanol–water partition coefficient (Wildman–Crippen LogP) is 3.37. The molecule has 1 atom stereocenters. The molecule has 0 aromatic heterocycles. The van der Waals surface area contributed by atoms with E-state index < -0.39 is 6.10 Å². The van der Waals surface area contributed by atoms with E-state index in [1.165, 1.54) is 5.56 Å². The lowest BCUT2D eigenvalue weighted by molar-refractivity contribution is 0.0556. The van der Waals surface area contributed by atoms with E-state index in [1.807, 2.05) is 49.4 Å². The molecule has 3 rings (SSSR count). The van der Waals surface area contributed by atoms with Crippen molar-refractivity contribution in [1.82, 2.24) is 0 Å². The van der Waals surface area contributed by atoms with Gasteiger partial charge in [0, 0.05) is 12.0 Å². The summed E-state index contributed by atoms with van der Waals surface area (Å²) in [5.41, 5.74) is 3.71. The van der Waals surface area contributed by atoms with Gasteiger partial charge in [0.15, 0.2) is 6.10 Å². The summed E-state index contributed by atoms with van der Waals surface area (Å²) in [6, 6.07) is 17.3. The summed E-state index contributed by atoms with van der Waals surface area (Å²) in [7, 11) is 0.